The van der Waals surface area contributed by atoms with Crippen LogP contribution in [-0.2, 0) is 4.79 Å². The van der Waals surface area contributed by atoms with Crippen LogP contribution in [0.1, 0.15) is 70.6 Å². The average Bonchev–Trinajstić information content (AvgIpc) is 2.55. The number of carbonyl (C=O) groups excluding carboxylic acids is 1. The lowest BCUT2D eigenvalue weighted by Gasteiger charge is -2.39. The number of halogens is 2. The van der Waals surface area contributed by atoms with Crippen molar-refractivity contribution < 1.29 is 23.8 Å². The van der Waals surface area contributed by atoms with Gasteiger partial charge in [-0.2, -0.15) is 8.78 Å². The molecule has 0 aromatic carbocycles. The fourth-order valence-corrected chi connectivity index (χ4v) is 4.02. The summed E-state index contributed by atoms with van der Waals surface area (Å²) in [6.07, 6.45) is 7.02. The Kier molecular flexibility index (Phi) is 6.37. The Morgan fingerprint density at radius 3 is 2.26 bits per heavy atom. The molecule has 1 atom stereocenters. The van der Waals surface area contributed by atoms with Gasteiger partial charge in [-0.1, -0.05) is 38.5 Å². The highest BCUT2D eigenvalue weighted by Crippen LogP contribution is 2.41. The molecule has 0 aromatic heterocycles. The van der Waals surface area contributed by atoms with Gasteiger partial charge >= 0.3 is 5.92 Å². The first-order chi connectivity index (χ1) is 10.9. The number of aliphatic hydroxyl groups excluding tert-OH is 1. The smallest absolute Gasteiger partial charge is 0.352 e. The van der Waals surface area contributed by atoms with Crippen molar-refractivity contribution in [2.75, 3.05) is 6.61 Å². The second-order valence-corrected chi connectivity index (χ2v) is 7.16. The second-order valence-electron chi connectivity index (χ2n) is 7.16. The van der Waals surface area contributed by atoms with Crippen LogP contribution in [0.5, 0.6) is 0 Å². The molecule has 2 rings (SSSR count). The minimum Gasteiger partial charge on any atom is -0.396 e. The Hall–Kier alpha value is -0.750. The molecule has 0 aromatic rings. The third kappa shape index (κ3) is 4.21. The highest BCUT2D eigenvalue weighted by Gasteiger charge is 2.58. The summed E-state index contributed by atoms with van der Waals surface area (Å²) in [5.74, 6) is -5.03. The van der Waals surface area contributed by atoms with Gasteiger partial charge in [0.05, 0.1) is 0 Å². The third-order valence-electron chi connectivity index (χ3n) is 5.53. The van der Waals surface area contributed by atoms with Crippen molar-refractivity contribution in [3.63, 3.8) is 0 Å². The Morgan fingerprint density at radius 2 is 1.70 bits per heavy atom. The third-order valence-corrected chi connectivity index (χ3v) is 5.53. The molecule has 0 radical (unpaired) electrons. The zero-order valence-corrected chi connectivity index (χ0v) is 13.7. The molecule has 2 aliphatic carbocycles. The molecule has 0 aliphatic heterocycles. The molecule has 134 valence electrons. The summed E-state index contributed by atoms with van der Waals surface area (Å²) < 4.78 is 29.1. The van der Waals surface area contributed by atoms with Crippen molar-refractivity contribution in [3.05, 3.63) is 0 Å². The molecule has 2 fully saturated rings. The van der Waals surface area contributed by atoms with Gasteiger partial charge in [0, 0.05) is 12.6 Å². The summed E-state index contributed by atoms with van der Waals surface area (Å²) in [5, 5.41) is 21.9. The van der Waals surface area contributed by atoms with Crippen molar-refractivity contribution in [2.45, 2.75) is 88.2 Å². The van der Waals surface area contributed by atoms with E-state index in [4.69, 9.17) is 0 Å². The number of alkyl halides is 2. The quantitative estimate of drug-likeness (QED) is 0.700. The van der Waals surface area contributed by atoms with E-state index >= 15 is 0 Å². The monoisotopic (exact) mass is 333 g/mol. The number of hydrogen-bond donors (Lipinski definition) is 3. The molecule has 0 bridgehead atoms. The van der Waals surface area contributed by atoms with Crippen LogP contribution in [0.4, 0.5) is 8.78 Å². The standard InChI is InChI=1S/C17H29F2NO3/c18-17(19,16(23)10-5-2-6-11-16)15(22)20-14(9-12-21)13-7-3-1-4-8-13/h13-14,21,23H,1-12H2,(H,20,22). The second kappa shape index (κ2) is 7.88. The van der Waals surface area contributed by atoms with Crippen molar-refractivity contribution in [2.24, 2.45) is 5.92 Å². The van der Waals surface area contributed by atoms with E-state index in [1.165, 1.54) is 0 Å². The van der Waals surface area contributed by atoms with E-state index in [1.807, 2.05) is 0 Å². The molecule has 4 nitrogen and oxygen atoms in total. The van der Waals surface area contributed by atoms with Gasteiger partial charge in [0.25, 0.3) is 5.91 Å². The van der Waals surface area contributed by atoms with Gasteiger partial charge in [-0.15, -0.1) is 0 Å². The van der Waals surface area contributed by atoms with Crippen molar-refractivity contribution in [1.29, 1.82) is 0 Å². The number of amides is 1. The van der Waals surface area contributed by atoms with Crippen LogP contribution in [-0.4, -0.2) is 40.3 Å². The number of hydrogen-bond acceptors (Lipinski definition) is 3. The SMILES string of the molecule is O=C(NC(CCO)C1CCCCC1)C(F)(F)C1(O)CCCCC1. The molecule has 0 saturated heterocycles. The van der Waals surface area contributed by atoms with Crippen molar-refractivity contribution >= 4 is 5.91 Å². The summed E-state index contributed by atoms with van der Waals surface area (Å²) in [4.78, 5) is 12.2. The van der Waals surface area contributed by atoms with E-state index < -0.39 is 23.5 Å². The molecule has 6 heteroatoms. The number of nitrogens with one attached hydrogen (secondary N) is 1. The minimum absolute atomic E-state index is 0.0402. The van der Waals surface area contributed by atoms with Crippen LogP contribution in [0.2, 0.25) is 0 Å². The van der Waals surface area contributed by atoms with Gasteiger partial charge in [0.15, 0.2) is 0 Å². The zero-order valence-electron chi connectivity index (χ0n) is 13.7. The van der Waals surface area contributed by atoms with Gasteiger partial charge in [-0.05, 0) is 38.0 Å². The van der Waals surface area contributed by atoms with Gasteiger partial charge in [-0.3, -0.25) is 4.79 Å². The molecular formula is C17H29F2NO3. The lowest BCUT2D eigenvalue weighted by Crippen LogP contribution is -2.60. The Morgan fingerprint density at radius 1 is 1.13 bits per heavy atom. The number of carbonyl (C=O) groups is 1. The molecule has 0 spiro atoms. The van der Waals surface area contributed by atoms with E-state index in [0.717, 1.165) is 38.5 Å². The molecular weight excluding hydrogens is 304 g/mol. The minimum atomic E-state index is -3.78. The summed E-state index contributed by atoms with van der Waals surface area (Å²) in [7, 11) is 0. The topological polar surface area (TPSA) is 69.6 Å². The zero-order chi connectivity index (χ0) is 16.9. The highest BCUT2D eigenvalue weighted by molar-refractivity contribution is 5.85. The molecule has 23 heavy (non-hydrogen) atoms. The van der Waals surface area contributed by atoms with E-state index in [9.17, 15) is 23.8 Å². The van der Waals surface area contributed by atoms with Crippen LogP contribution in [0.25, 0.3) is 0 Å². The first kappa shape index (κ1) is 18.6. The van der Waals surface area contributed by atoms with E-state index in [0.29, 0.717) is 12.8 Å². The van der Waals surface area contributed by atoms with Crippen LogP contribution in [0, 0.1) is 5.92 Å². The molecule has 2 aliphatic rings. The molecule has 1 amide bonds. The van der Waals surface area contributed by atoms with E-state index in [-0.39, 0.29) is 31.8 Å². The molecule has 2 saturated carbocycles. The van der Waals surface area contributed by atoms with E-state index in [2.05, 4.69) is 5.32 Å². The predicted molar refractivity (Wildman–Crippen MR) is 83.2 cm³/mol. The summed E-state index contributed by atoms with van der Waals surface area (Å²) >= 11 is 0. The van der Waals surface area contributed by atoms with Crippen LogP contribution < -0.4 is 5.32 Å². The van der Waals surface area contributed by atoms with Crippen LogP contribution >= 0.6 is 0 Å². The first-order valence-corrected chi connectivity index (χ1v) is 8.93. The lowest BCUT2D eigenvalue weighted by molar-refractivity contribution is -0.202. The molecule has 3 N–H and O–H groups in total. The Bertz CT molecular complexity index is 391. The summed E-state index contributed by atoms with van der Waals surface area (Å²) in [5.41, 5.74) is -2.23. The maximum absolute atomic E-state index is 14.5. The van der Waals surface area contributed by atoms with Crippen LogP contribution in [0.3, 0.4) is 0 Å². The predicted octanol–water partition coefficient (Wildman–Crippen LogP) is 2.76. The average molecular weight is 333 g/mol. The van der Waals surface area contributed by atoms with Gasteiger partial charge < -0.3 is 15.5 Å². The first-order valence-electron chi connectivity index (χ1n) is 8.93. The molecule has 0 heterocycles. The van der Waals surface area contributed by atoms with Gasteiger partial charge in [0.1, 0.15) is 5.60 Å². The Balaban J connectivity index is 2.04. The van der Waals surface area contributed by atoms with Gasteiger partial charge in [-0.25, -0.2) is 0 Å². The largest absolute Gasteiger partial charge is 0.396 e. The van der Waals surface area contributed by atoms with Crippen molar-refractivity contribution in [3.8, 4) is 0 Å². The normalized spacial score (nSPS) is 24.2. The van der Waals surface area contributed by atoms with Crippen LogP contribution in [0.15, 0.2) is 0 Å². The van der Waals surface area contributed by atoms with E-state index in [1.54, 1.807) is 0 Å². The number of aliphatic hydroxyl groups is 2. The van der Waals surface area contributed by atoms with Gasteiger partial charge in [0.2, 0.25) is 0 Å². The maximum Gasteiger partial charge on any atom is 0.352 e. The maximum atomic E-state index is 14.5. The number of rotatable bonds is 6. The highest BCUT2D eigenvalue weighted by atomic mass is 19.3. The fraction of sp³-hybridized carbons (Fsp3) is 0.941. The van der Waals surface area contributed by atoms with Crippen molar-refractivity contribution in [1.82, 2.24) is 5.32 Å². The summed E-state index contributed by atoms with van der Waals surface area (Å²) in [6.45, 7) is -0.142. The fourth-order valence-electron chi connectivity index (χ4n) is 4.02. The summed E-state index contributed by atoms with van der Waals surface area (Å²) in [6, 6.07) is -0.439. The molecule has 1 unspecified atom stereocenters. The Labute approximate surface area is 136 Å². The lowest BCUT2D eigenvalue weighted by atomic mass is 9.79.